The first kappa shape index (κ1) is 18.1. The molecule has 0 aliphatic carbocycles. The van der Waals surface area contributed by atoms with E-state index in [2.05, 4.69) is 5.32 Å². The topological polar surface area (TPSA) is 69.6 Å². The number of benzene rings is 1. The van der Waals surface area contributed by atoms with Crippen molar-refractivity contribution in [1.82, 2.24) is 4.90 Å². The number of anilines is 1. The molecule has 1 aliphatic rings. The third-order valence-corrected chi connectivity index (χ3v) is 4.01. The second-order valence-corrected chi connectivity index (χ2v) is 5.85. The van der Waals surface area contributed by atoms with Crippen LogP contribution in [0.1, 0.15) is 24.8 Å². The maximum atomic E-state index is 12.3. The van der Waals surface area contributed by atoms with Crippen LogP contribution in [0.5, 0.6) is 0 Å². The van der Waals surface area contributed by atoms with E-state index in [1.54, 1.807) is 18.2 Å². The first-order valence-corrected chi connectivity index (χ1v) is 7.69. The number of carbonyl (C=O) groups is 2. The van der Waals surface area contributed by atoms with Gasteiger partial charge in [0.15, 0.2) is 0 Å². The normalized spacial score (nSPS) is 16.0. The second kappa shape index (κ2) is 7.55. The molecule has 132 valence electrons. The van der Waals surface area contributed by atoms with E-state index in [4.69, 9.17) is 5.11 Å². The fourth-order valence-corrected chi connectivity index (χ4v) is 2.62. The number of hydrogen-bond acceptors (Lipinski definition) is 2. The van der Waals surface area contributed by atoms with Gasteiger partial charge in [-0.2, -0.15) is 13.2 Å². The van der Waals surface area contributed by atoms with E-state index in [1.165, 1.54) is 11.0 Å². The molecule has 1 saturated heterocycles. The molecule has 2 amide bonds. The third-order valence-electron chi connectivity index (χ3n) is 4.01. The summed E-state index contributed by atoms with van der Waals surface area (Å²) in [7, 11) is 0. The number of rotatable bonds is 4. The molecule has 5 nitrogen and oxygen atoms in total. The van der Waals surface area contributed by atoms with Crippen molar-refractivity contribution < 1.29 is 27.9 Å². The fourth-order valence-electron chi connectivity index (χ4n) is 2.62. The number of hydrogen-bond donors (Lipinski definition) is 2. The summed E-state index contributed by atoms with van der Waals surface area (Å²) in [6, 6.07) is 5.94. The molecule has 8 heteroatoms. The Balaban J connectivity index is 1.89. The maximum absolute atomic E-state index is 12.3. The van der Waals surface area contributed by atoms with E-state index in [9.17, 15) is 22.8 Å². The van der Waals surface area contributed by atoms with Crippen molar-refractivity contribution in [2.24, 2.45) is 5.92 Å². The van der Waals surface area contributed by atoms with Crippen molar-refractivity contribution in [2.45, 2.75) is 31.9 Å². The summed E-state index contributed by atoms with van der Waals surface area (Å²) in [5, 5.41) is 11.6. The second-order valence-electron chi connectivity index (χ2n) is 5.85. The van der Waals surface area contributed by atoms with E-state index < -0.39 is 24.5 Å². The number of halogens is 3. The SMILES string of the molecule is O=C(O)C1CCN(C(=O)Nc2cccc(CCC(F)(F)F)c2)CC1. The number of likely N-dealkylation sites (tertiary alicyclic amines) is 1. The highest BCUT2D eigenvalue weighted by Gasteiger charge is 2.27. The third kappa shape index (κ3) is 5.43. The highest BCUT2D eigenvalue weighted by Crippen LogP contribution is 2.23. The smallest absolute Gasteiger partial charge is 0.389 e. The summed E-state index contributed by atoms with van der Waals surface area (Å²) in [6.07, 6.45) is -4.47. The van der Waals surface area contributed by atoms with Crippen LogP contribution in [0, 0.1) is 5.92 Å². The molecule has 0 atom stereocenters. The van der Waals surface area contributed by atoms with Crippen LogP contribution in [0.3, 0.4) is 0 Å². The molecule has 0 radical (unpaired) electrons. The molecule has 1 aliphatic heterocycles. The van der Waals surface area contributed by atoms with E-state index in [-0.39, 0.29) is 12.5 Å². The zero-order valence-electron chi connectivity index (χ0n) is 13.0. The number of carboxylic acid groups (broad SMARTS) is 1. The van der Waals surface area contributed by atoms with Gasteiger partial charge in [0.05, 0.1) is 5.92 Å². The minimum absolute atomic E-state index is 0.142. The van der Waals surface area contributed by atoms with Gasteiger partial charge in [-0.05, 0) is 37.0 Å². The van der Waals surface area contributed by atoms with Crippen LogP contribution < -0.4 is 5.32 Å². The molecular weight excluding hydrogens is 325 g/mol. The first-order valence-electron chi connectivity index (χ1n) is 7.69. The number of aliphatic carboxylic acids is 1. The van der Waals surface area contributed by atoms with Crippen molar-refractivity contribution in [3.63, 3.8) is 0 Å². The average molecular weight is 344 g/mol. The molecule has 0 bridgehead atoms. The largest absolute Gasteiger partial charge is 0.481 e. The number of nitrogens with zero attached hydrogens (tertiary/aromatic N) is 1. The summed E-state index contributed by atoms with van der Waals surface area (Å²) in [6.45, 7) is 0.688. The summed E-state index contributed by atoms with van der Waals surface area (Å²) >= 11 is 0. The van der Waals surface area contributed by atoms with Crippen LogP contribution in [-0.2, 0) is 11.2 Å². The summed E-state index contributed by atoms with van der Waals surface area (Å²) in [4.78, 5) is 24.6. The monoisotopic (exact) mass is 344 g/mol. The van der Waals surface area contributed by atoms with Gasteiger partial charge in [0.2, 0.25) is 0 Å². The molecule has 0 spiro atoms. The lowest BCUT2D eigenvalue weighted by atomic mass is 9.97. The summed E-state index contributed by atoms with van der Waals surface area (Å²) in [5.41, 5.74) is 0.926. The predicted molar refractivity (Wildman–Crippen MR) is 81.8 cm³/mol. The van der Waals surface area contributed by atoms with E-state index in [0.29, 0.717) is 37.2 Å². The lowest BCUT2D eigenvalue weighted by Gasteiger charge is -2.30. The van der Waals surface area contributed by atoms with Crippen molar-refractivity contribution >= 4 is 17.7 Å². The number of nitrogens with one attached hydrogen (secondary N) is 1. The van der Waals surface area contributed by atoms with Gasteiger partial charge in [0.1, 0.15) is 0 Å². The van der Waals surface area contributed by atoms with Crippen LogP contribution in [0.4, 0.5) is 23.7 Å². The zero-order chi connectivity index (χ0) is 17.7. The maximum Gasteiger partial charge on any atom is 0.389 e. The molecule has 1 heterocycles. The molecule has 2 rings (SSSR count). The van der Waals surface area contributed by atoms with Crippen molar-refractivity contribution in [1.29, 1.82) is 0 Å². The number of amides is 2. The lowest BCUT2D eigenvalue weighted by Crippen LogP contribution is -2.42. The molecule has 0 saturated carbocycles. The van der Waals surface area contributed by atoms with E-state index in [0.717, 1.165) is 0 Å². The Bertz CT molecular complexity index is 596. The molecular formula is C16H19F3N2O3. The Kier molecular flexibility index (Phi) is 5.69. The quantitative estimate of drug-likeness (QED) is 0.878. The van der Waals surface area contributed by atoms with E-state index in [1.807, 2.05) is 0 Å². The highest BCUT2D eigenvalue weighted by molar-refractivity contribution is 5.89. The van der Waals surface area contributed by atoms with Crippen LogP contribution in [0.2, 0.25) is 0 Å². The Hall–Kier alpha value is -2.25. The standard InChI is InChI=1S/C16H19F3N2O3/c17-16(18,19)7-4-11-2-1-3-13(10-11)20-15(24)21-8-5-12(6-9-21)14(22)23/h1-3,10,12H,4-9H2,(H,20,24)(H,22,23). The molecule has 0 unspecified atom stereocenters. The highest BCUT2D eigenvalue weighted by atomic mass is 19.4. The molecule has 1 aromatic carbocycles. The average Bonchev–Trinajstić information content (AvgIpc) is 2.53. The van der Waals surface area contributed by atoms with Gasteiger partial charge in [-0.3, -0.25) is 4.79 Å². The Morgan fingerprint density at radius 1 is 1.25 bits per heavy atom. The van der Waals surface area contributed by atoms with Crippen LogP contribution in [-0.4, -0.2) is 41.3 Å². The number of piperidine rings is 1. The number of carboxylic acids is 1. The van der Waals surface area contributed by atoms with Crippen molar-refractivity contribution in [3.8, 4) is 0 Å². The molecule has 2 N–H and O–H groups in total. The minimum Gasteiger partial charge on any atom is -0.481 e. The number of urea groups is 1. The van der Waals surface area contributed by atoms with E-state index >= 15 is 0 Å². The van der Waals surface area contributed by atoms with Gasteiger partial charge in [-0.15, -0.1) is 0 Å². The van der Waals surface area contributed by atoms with Crippen LogP contribution in [0.15, 0.2) is 24.3 Å². The summed E-state index contributed by atoms with van der Waals surface area (Å²) in [5.74, 6) is -1.29. The van der Waals surface area contributed by atoms with Gasteiger partial charge < -0.3 is 15.3 Å². The van der Waals surface area contributed by atoms with Gasteiger partial charge in [0.25, 0.3) is 0 Å². The van der Waals surface area contributed by atoms with Gasteiger partial charge in [-0.1, -0.05) is 12.1 Å². The number of aryl methyl sites for hydroxylation is 1. The van der Waals surface area contributed by atoms with Crippen LogP contribution in [0.25, 0.3) is 0 Å². The fraction of sp³-hybridized carbons (Fsp3) is 0.500. The molecule has 1 aromatic rings. The lowest BCUT2D eigenvalue weighted by molar-refractivity contribution is -0.143. The Morgan fingerprint density at radius 3 is 2.50 bits per heavy atom. The van der Waals surface area contributed by atoms with Crippen LogP contribution >= 0.6 is 0 Å². The van der Waals surface area contributed by atoms with Crippen molar-refractivity contribution in [2.75, 3.05) is 18.4 Å². The first-order chi connectivity index (χ1) is 11.2. The zero-order valence-corrected chi connectivity index (χ0v) is 13.0. The molecule has 1 fully saturated rings. The minimum atomic E-state index is -4.21. The van der Waals surface area contributed by atoms with Gasteiger partial charge >= 0.3 is 18.2 Å². The Morgan fingerprint density at radius 2 is 1.92 bits per heavy atom. The predicted octanol–water partition coefficient (Wildman–Crippen LogP) is 3.51. The molecule has 0 aromatic heterocycles. The van der Waals surface area contributed by atoms with Gasteiger partial charge in [-0.25, -0.2) is 4.79 Å². The summed E-state index contributed by atoms with van der Waals surface area (Å²) < 4.78 is 36.8. The Labute approximate surface area is 137 Å². The molecule has 24 heavy (non-hydrogen) atoms. The van der Waals surface area contributed by atoms with Gasteiger partial charge in [0, 0.05) is 25.2 Å². The number of alkyl halides is 3. The number of carbonyl (C=O) groups excluding carboxylic acids is 1. The van der Waals surface area contributed by atoms with Crippen molar-refractivity contribution in [3.05, 3.63) is 29.8 Å².